The van der Waals surface area contributed by atoms with Crippen molar-refractivity contribution in [1.82, 2.24) is 4.31 Å². The molecule has 2 amide bonds. The van der Waals surface area contributed by atoms with Crippen LogP contribution >= 0.6 is 46.0 Å². The van der Waals surface area contributed by atoms with Crippen molar-refractivity contribution < 1.29 is 29.5 Å². The molecule has 2 N–H and O–H groups in total. The Morgan fingerprint density at radius 1 is 0.768 bits per heavy atom. The lowest BCUT2D eigenvalue weighted by molar-refractivity contribution is -0.137. The second-order valence-corrected chi connectivity index (χ2v) is 16.3. The number of amides is 2. The van der Waals surface area contributed by atoms with E-state index >= 15 is 0 Å². The van der Waals surface area contributed by atoms with E-state index in [4.69, 9.17) is 6.13 Å². The van der Waals surface area contributed by atoms with Gasteiger partial charge in [0.1, 0.15) is 11.0 Å². The number of anilines is 3. The Balaban J connectivity index is 1.13. The van der Waals surface area contributed by atoms with E-state index in [0.29, 0.717) is 52.3 Å². The molecule has 1 aliphatic heterocycles. The minimum Gasteiger partial charge on any atom is -0.394 e. The van der Waals surface area contributed by atoms with E-state index < -0.39 is 16.9 Å². The molecule has 0 spiro atoms. The Hall–Kier alpha value is -3.87. The van der Waals surface area contributed by atoms with Crippen LogP contribution in [-0.2, 0) is 34.8 Å². The first-order chi connectivity index (χ1) is 27.2. The molecule has 1 aliphatic carbocycles. The van der Waals surface area contributed by atoms with Crippen molar-refractivity contribution >= 4 is 97.8 Å². The molecule has 1 unspecified atom stereocenters. The first kappa shape index (κ1) is 41.8. The summed E-state index contributed by atoms with van der Waals surface area (Å²) in [5.41, 5.74) is 5.26. The topological polar surface area (TPSA) is 134 Å². The van der Waals surface area contributed by atoms with Crippen LogP contribution in [0.1, 0.15) is 87.6 Å². The summed E-state index contributed by atoms with van der Waals surface area (Å²) < 4.78 is 25.4. The second-order valence-electron chi connectivity index (χ2n) is 14.0. The summed E-state index contributed by atoms with van der Waals surface area (Å²) in [6, 6.07) is 27.4. The largest absolute Gasteiger partial charge is 0.394 e. The van der Waals surface area contributed by atoms with E-state index in [1.807, 2.05) is 59.8 Å². The monoisotopic (exact) mass is 1000 g/mol. The molecule has 0 bridgehead atoms. The lowest BCUT2D eigenvalue weighted by Crippen LogP contribution is -2.40. The fourth-order valence-corrected chi connectivity index (χ4v) is 9.37. The minimum atomic E-state index is -1.52. The zero-order valence-corrected chi connectivity index (χ0v) is 36.1. The lowest BCUT2D eigenvalue weighted by atomic mass is 9.86. The maximum Gasteiger partial charge on any atom is 0.347 e. The maximum atomic E-state index is 13.9. The molecule has 0 aromatic heterocycles. The summed E-state index contributed by atoms with van der Waals surface area (Å²) in [6.45, 7) is 4.31. The molecule has 0 radical (unpaired) electrons. The van der Waals surface area contributed by atoms with E-state index in [2.05, 4.69) is 15.5 Å². The highest BCUT2D eigenvalue weighted by Crippen LogP contribution is 2.32. The van der Waals surface area contributed by atoms with Crippen molar-refractivity contribution in [1.29, 1.82) is 0 Å². The average molecular weight is 1000 g/mol. The Morgan fingerprint density at radius 3 is 2.05 bits per heavy atom. The SMILES string of the molecule is CCN(C1CCC(C(=O)OI)CC1)S(=O)c1cccc(C(=O)Nc2ccc(N3CCCC3)cc2C(=O)Nc2ccc(CCc3ccc(C(=O)OI)cc3)cc2)c1. The van der Waals surface area contributed by atoms with Crippen molar-refractivity contribution in [2.45, 2.75) is 69.2 Å². The zero-order chi connectivity index (χ0) is 39.6. The summed E-state index contributed by atoms with van der Waals surface area (Å²) in [4.78, 5) is 54.2. The van der Waals surface area contributed by atoms with E-state index in [1.54, 1.807) is 88.5 Å². The van der Waals surface area contributed by atoms with Gasteiger partial charge >= 0.3 is 11.9 Å². The molecule has 56 heavy (non-hydrogen) atoms. The average Bonchev–Trinajstić information content (AvgIpc) is 3.79. The predicted octanol–water partition coefficient (Wildman–Crippen LogP) is 8.88. The fourth-order valence-electron chi connectivity index (χ4n) is 7.34. The molecular weight excluding hydrogens is 958 g/mol. The van der Waals surface area contributed by atoms with Crippen LogP contribution in [0.25, 0.3) is 0 Å². The number of nitrogens with zero attached hydrogens (tertiary/aromatic N) is 2. The fraction of sp³-hybridized carbons (Fsp3) is 0.333. The molecule has 11 nitrogen and oxygen atoms in total. The van der Waals surface area contributed by atoms with Crippen molar-refractivity contribution in [2.24, 2.45) is 5.92 Å². The Kier molecular flexibility index (Phi) is 14.9. The lowest BCUT2D eigenvalue weighted by Gasteiger charge is -2.34. The standard InChI is InChI=1S/C42H44I2N4O7S/c1-2-48(34-20-16-31(17-21-34)42(52)55-44)56(53)36-7-5-6-32(26-36)39(49)46-38-23-22-35(47-24-3-4-25-47)27-37(38)40(50)45-33-18-12-29(13-19-33)9-8-28-10-14-30(15-11-28)41(51)54-43/h5-7,10-15,18-19,22-23,26-27,31,34H,2-4,8-9,16-17,20-21,24-25H2,1H3,(H,45,50)(H,46,49). The van der Waals surface area contributed by atoms with Gasteiger partial charge in [0.15, 0.2) is 46.0 Å². The van der Waals surface area contributed by atoms with Crippen LogP contribution < -0.4 is 15.5 Å². The van der Waals surface area contributed by atoms with Crippen LogP contribution in [0, 0.1) is 5.92 Å². The number of hydrogen-bond acceptors (Lipinski definition) is 8. The number of benzene rings is 4. The summed E-state index contributed by atoms with van der Waals surface area (Å²) in [6.07, 6.45) is 6.53. The van der Waals surface area contributed by atoms with Gasteiger partial charge < -0.3 is 21.7 Å². The molecule has 1 heterocycles. The molecule has 4 aromatic carbocycles. The van der Waals surface area contributed by atoms with Gasteiger partial charge in [-0.3, -0.25) is 14.4 Å². The molecule has 2 aliphatic rings. The molecule has 294 valence electrons. The second kappa shape index (κ2) is 20.0. The molecule has 2 fully saturated rings. The van der Waals surface area contributed by atoms with Crippen LogP contribution in [0.4, 0.5) is 17.1 Å². The highest BCUT2D eigenvalue weighted by Gasteiger charge is 2.32. The number of rotatable bonds is 14. The number of carbonyl (C=O) groups is 4. The van der Waals surface area contributed by atoms with E-state index in [0.717, 1.165) is 68.4 Å². The van der Waals surface area contributed by atoms with Gasteiger partial charge in [-0.2, -0.15) is 0 Å². The van der Waals surface area contributed by atoms with E-state index in [-0.39, 0.29) is 29.8 Å². The van der Waals surface area contributed by atoms with Gasteiger partial charge in [-0.1, -0.05) is 37.3 Å². The molecular formula is C42H44I2N4O7S. The smallest absolute Gasteiger partial charge is 0.347 e. The molecule has 1 saturated carbocycles. The number of halogens is 2. The summed E-state index contributed by atoms with van der Waals surface area (Å²) in [7, 11) is -1.52. The number of nitrogens with one attached hydrogen (secondary N) is 2. The third-order valence-corrected chi connectivity index (χ3v) is 13.0. The third-order valence-electron chi connectivity index (χ3n) is 10.5. The van der Waals surface area contributed by atoms with Crippen LogP contribution in [-0.4, -0.2) is 57.9 Å². The molecule has 14 heteroatoms. The van der Waals surface area contributed by atoms with Gasteiger partial charge in [0, 0.05) is 42.6 Å². The summed E-state index contributed by atoms with van der Waals surface area (Å²) in [5.74, 6) is -1.49. The predicted molar refractivity (Wildman–Crippen MR) is 235 cm³/mol. The maximum absolute atomic E-state index is 13.9. The zero-order valence-electron chi connectivity index (χ0n) is 31.0. The molecule has 6 rings (SSSR count). The van der Waals surface area contributed by atoms with Gasteiger partial charge in [0.2, 0.25) is 0 Å². The third kappa shape index (κ3) is 10.5. The Morgan fingerprint density at radius 2 is 1.43 bits per heavy atom. The van der Waals surface area contributed by atoms with Crippen LogP contribution in [0.5, 0.6) is 0 Å². The van der Waals surface area contributed by atoms with Gasteiger partial charge in [-0.15, -0.1) is 0 Å². The first-order valence-electron chi connectivity index (χ1n) is 18.8. The van der Waals surface area contributed by atoms with Crippen molar-refractivity contribution in [3.63, 3.8) is 0 Å². The van der Waals surface area contributed by atoms with Crippen molar-refractivity contribution in [3.05, 3.63) is 119 Å². The molecule has 1 saturated heterocycles. The van der Waals surface area contributed by atoms with Crippen LogP contribution in [0.15, 0.2) is 95.9 Å². The summed E-state index contributed by atoms with van der Waals surface area (Å²) in [5, 5.41) is 5.97. The van der Waals surface area contributed by atoms with Crippen LogP contribution in [0.2, 0.25) is 0 Å². The van der Waals surface area contributed by atoms with Crippen molar-refractivity contribution in [2.75, 3.05) is 35.2 Å². The first-order valence-corrected chi connectivity index (χ1v) is 21.7. The highest BCUT2D eigenvalue weighted by atomic mass is 127. The van der Waals surface area contributed by atoms with E-state index in [1.165, 1.54) is 0 Å². The number of carbonyl (C=O) groups excluding carboxylic acids is 4. The normalized spacial score (nSPS) is 17.2. The number of hydrogen-bond donors (Lipinski definition) is 2. The van der Waals surface area contributed by atoms with Gasteiger partial charge in [0.25, 0.3) is 11.8 Å². The quantitative estimate of drug-likeness (QED) is 0.120. The minimum absolute atomic E-state index is 0.0429. The van der Waals surface area contributed by atoms with Gasteiger partial charge in [0.05, 0.1) is 27.6 Å². The molecule has 4 aromatic rings. The number of aryl methyl sites for hydroxylation is 2. The Labute approximate surface area is 358 Å². The van der Waals surface area contributed by atoms with Crippen LogP contribution in [0.3, 0.4) is 0 Å². The Bertz CT molecular complexity index is 2050. The summed E-state index contributed by atoms with van der Waals surface area (Å²) >= 11 is 3.21. The van der Waals surface area contributed by atoms with Crippen molar-refractivity contribution in [3.8, 4) is 0 Å². The van der Waals surface area contributed by atoms with Gasteiger partial charge in [-0.25, -0.2) is 13.3 Å². The highest BCUT2D eigenvalue weighted by molar-refractivity contribution is 14.1. The van der Waals surface area contributed by atoms with E-state index in [9.17, 15) is 23.4 Å². The molecule has 1 atom stereocenters. The van der Waals surface area contributed by atoms with Gasteiger partial charge in [-0.05, 0) is 123 Å².